The van der Waals surface area contributed by atoms with Gasteiger partial charge in [0.05, 0.1) is 0 Å². The Morgan fingerprint density at radius 2 is 1.04 bits per heavy atom. The fourth-order valence-corrected chi connectivity index (χ4v) is 3.12. The number of hydrogen-bond donors (Lipinski definition) is 1. The monoisotopic (exact) mass is 406 g/mol. The van der Waals surface area contributed by atoms with Crippen LogP contribution in [-0.2, 0) is 19.4 Å². The van der Waals surface area contributed by atoms with Gasteiger partial charge < -0.3 is 4.18 Å². The van der Waals surface area contributed by atoms with E-state index in [-0.39, 0.29) is 44.2 Å². The summed E-state index contributed by atoms with van der Waals surface area (Å²) in [4.78, 5) is 11.0. The van der Waals surface area contributed by atoms with E-state index in [1.54, 1.807) is 0 Å². The standard InChI is InChI=1S/C18H36O5S.Ca.2H/c1-2-3-4-5-6-7-8-9-10-11-12-13-14-15-16-17-18(19)23-24(20,21)22;;;/h2-17H2,1H3,(H,20,21,22);;;. The molecular formula is C18H38CaO5S. The predicted molar refractivity (Wildman–Crippen MR) is 106 cm³/mol. The Kier molecular flexibility index (Phi) is 21.6. The zero-order valence-electron chi connectivity index (χ0n) is 15.3. The maximum atomic E-state index is 11.0. The molecule has 0 aliphatic heterocycles. The summed E-state index contributed by atoms with van der Waals surface area (Å²) in [5.41, 5.74) is 0. The van der Waals surface area contributed by atoms with E-state index in [1.165, 1.54) is 70.6 Å². The van der Waals surface area contributed by atoms with E-state index in [0.717, 1.165) is 19.3 Å². The molecule has 0 aliphatic rings. The van der Waals surface area contributed by atoms with Crippen LogP contribution in [0, 0.1) is 0 Å². The Balaban J connectivity index is 0. The first-order valence-electron chi connectivity index (χ1n) is 9.65. The Morgan fingerprint density at radius 1 is 0.720 bits per heavy atom. The molecule has 1 N–H and O–H groups in total. The molecule has 0 rings (SSSR count). The average Bonchev–Trinajstić information content (AvgIpc) is 2.49. The molecule has 0 radical (unpaired) electrons. The van der Waals surface area contributed by atoms with E-state index >= 15 is 0 Å². The van der Waals surface area contributed by atoms with Crippen molar-refractivity contribution in [1.29, 1.82) is 0 Å². The van der Waals surface area contributed by atoms with E-state index in [9.17, 15) is 13.2 Å². The van der Waals surface area contributed by atoms with Crippen molar-refractivity contribution in [2.24, 2.45) is 0 Å². The van der Waals surface area contributed by atoms with Gasteiger partial charge in [0.15, 0.2) is 0 Å². The van der Waals surface area contributed by atoms with Crippen LogP contribution in [0.1, 0.15) is 110 Å². The van der Waals surface area contributed by atoms with Gasteiger partial charge in [-0.2, -0.15) is 8.42 Å². The van der Waals surface area contributed by atoms with Crippen molar-refractivity contribution < 1.29 is 21.9 Å². The molecule has 0 fully saturated rings. The Labute approximate surface area is 184 Å². The number of carbonyl (C=O) groups excluding carboxylic acids is 1. The van der Waals surface area contributed by atoms with Crippen LogP contribution in [-0.4, -0.2) is 56.7 Å². The predicted octanol–water partition coefficient (Wildman–Crippen LogP) is 4.68. The van der Waals surface area contributed by atoms with Crippen molar-refractivity contribution in [2.45, 2.75) is 110 Å². The summed E-state index contributed by atoms with van der Waals surface area (Å²) in [7, 11) is -4.64. The molecule has 25 heavy (non-hydrogen) atoms. The zero-order chi connectivity index (χ0) is 18.1. The minimum absolute atomic E-state index is 0. The molecular weight excluding hydrogens is 368 g/mol. The fraction of sp³-hybridized carbons (Fsp3) is 0.944. The Bertz CT molecular complexity index is 398. The van der Waals surface area contributed by atoms with Gasteiger partial charge >= 0.3 is 54.1 Å². The van der Waals surface area contributed by atoms with E-state index in [4.69, 9.17) is 4.55 Å². The van der Waals surface area contributed by atoms with Gasteiger partial charge in [0.25, 0.3) is 0 Å². The molecule has 0 saturated heterocycles. The van der Waals surface area contributed by atoms with Gasteiger partial charge in [-0.15, -0.1) is 0 Å². The third-order valence-electron chi connectivity index (χ3n) is 4.18. The first-order valence-corrected chi connectivity index (χ1v) is 11.0. The number of rotatable bonds is 17. The molecule has 0 amide bonds. The zero-order valence-corrected chi connectivity index (χ0v) is 16.1. The van der Waals surface area contributed by atoms with Crippen molar-refractivity contribution in [3.8, 4) is 0 Å². The van der Waals surface area contributed by atoms with Crippen LogP contribution in [0.2, 0.25) is 0 Å². The van der Waals surface area contributed by atoms with E-state index in [2.05, 4.69) is 11.1 Å². The summed E-state index contributed by atoms with van der Waals surface area (Å²) >= 11 is 0. The summed E-state index contributed by atoms with van der Waals surface area (Å²) in [5, 5.41) is 0. The number of hydrogen-bond acceptors (Lipinski definition) is 4. The van der Waals surface area contributed by atoms with Gasteiger partial charge in [-0.25, -0.2) is 0 Å². The topological polar surface area (TPSA) is 80.7 Å². The van der Waals surface area contributed by atoms with Crippen LogP contribution in [0.15, 0.2) is 0 Å². The molecule has 0 aromatic carbocycles. The van der Waals surface area contributed by atoms with Crippen LogP contribution in [0.5, 0.6) is 0 Å². The van der Waals surface area contributed by atoms with Crippen molar-refractivity contribution in [3.63, 3.8) is 0 Å². The molecule has 0 unspecified atom stereocenters. The molecule has 0 saturated carbocycles. The molecule has 5 nitrogen and oxygen atoms in total. The molecule has 0 aromatic rings. The summed E-state index contributed by atoms with van der Waals surface area (Å²) < 4.78 is 32.8. The van der Waals surface area contributed by atoms with Crippen LogP contribution in [0.25, 0.3) is 0 Å². The van der Waals surface area contributed by atoms with Gasteiger partial charge in [-0.3, -0.25) is 9.35 Å². The second-order valence-electron chi connectivity index (χ2n) is 6.58. The third-order valence-corrected chi connectivity index (χ3v) is 4.58. The summed E-state index contributed by atoms with van der Waals surface area (Å²) in [6.07, 6.45) is 18.5. The van der Waals surface area contributed by atoms with Gasteiger partial charge in [-0.05, 0) is 6.42 Å². The molecule has 7 heteroatoms. The van der Waals surface area contributed by atoms with Crippen molar-refractivity contribution in [1.82, 2.24) is 0 Å². The fourth-order valence-electron chi connectivity index (χ4n) is 2.80. The Morgan fingerprint density at radius 3 is 1.36 bits per heavy atom. The maximum absolute atomic E-state index is 11.0. The van der Waals surface area contributed by atoms with Gasteiger partial charge in [0.1, 0.15) is 0 Å². The molecule has 0 atom stereocenters. The van der Waals surface area contributed by atoms with Crippen molar-refractivity contribution in [2.75, 3.05) is 0 Å². The summed E-state index contributed by atoms with van der Waals surface area (Å²) in [5.74, 6) is -0.882. The molecule has 0 bridgehead atoms. The Hall–Kier alpha value is 0.640. The van der Waals surface area contributed by atoms with Crippen LogP contribution in [0.4, 0.5) is 0 Å². The van der Waals surface area contributed by atoms with Gasteiger partial charge in [0, 0.05) is 6.42 Å². The molecule has 0 heterocycles. The van der Waals surface area contributed by atoms with Crippen LogP contribution in [0.3, 0.4) is 0 Å². The quantitative estimate of drug-likeness (QED) is 0.215. The number of carbonyl (C=O) groups is 1. The van der Waals surface area contributed by atoms with E-state index < -0.39 is 16.4 Å². The van der Waals surface area contributed by atoms with Crippen molar-refractivity contribution >= 4 is 54.1 Å². The summed E-state index contributed by atoms with van der Waals surface area (Å²) in [6.45, 7) is 2.25. The second-order valence-corrected chi connectivity index (χ2v) is 7.60. The van der Waals surface area contributed by atoms with Gasteiger partial charge in [0.2, 0.25) is 0 Å². The normalized spacial score (nSPS) is 11.1. The molecule has 0 aromatic heterocycles. The van der Waals surface area contributed by atoms with Crippen LogP contribution >= 0.6 is 0 Å². The first kappa shape index (κ1) is 27.9. The molecule has 0 spiro atoms. The molecule has 0 aliphatic carbocycles. The SMILES string of the molecule is CCCCCCCCCCCCCCCCCC(=O)OS(=O)(=O)O.[CaH2]. The molecule has 148 valence electrons. The van der Waals surface area contributed by atoms with Gasteiger partial charge in [-0.1, -0.05) is 96.8 Å². The van der Waals surface area contributed by atoms with E-state index in [0.29, 0.717) is 6.42 Å². The van der Waals surface area contributed by atoms with Crippen LogP contribution < -0.4 is 0 Å². The van der Waals surface area contributed by atoms with Crippen molar-refractivity contribution in [3.05, 3.63) is 0 Å². The number of unbranched alkanes of at least 4 members (excludes halogenated alkanes) is 14. The first-order chi connectivity index (χ1) is 11.5. The minimum atomic E-state index is -4.64. The van der Waals surface area contributed by atoms with E-state index in [1.807, 2.05) is 0 Å². The average molecular weight is 407 g/mol. The third kappa shape index (κ3) is 24.6. The second kappa shape index (κ2) is 19.4. The summed E-state index contributed by atoms with van der Waals surface area (Å²) in [6, 6.07) is 0.